The molecule has 5 rings (SSSR count). The quantitative estimate of drug-likeness (QED) is 0.599. The van der Waals surface area contributed by atoms with Crippen molar-refractivity contribution in [2.24, 2.45) is 11.8 Å². The number of amides is 3. The Kier molecular flexibility index (Phi) is 4.41. The number of fused-ring (bicyclic) bond motifs is 4. The highest BCUT2D eigenvalue weighted by atomic mass is 16.5. The lowest BCUT2D eigenvalue weighted by Crippen LogP contribution is -2.53. The van der Waals surface area contributed by atoms with E-state index in [1.807, 2.05) is 0 Å². The normalized spacial score (nSPS) is 34.5. The Morgan fingerprint density at radius 3 is 2.77 bits per heavy atom. The summed E-state index contributed by atoms with van der Waals surface area (Å²) < 4.78 is 5.62. The highest BCUT2D eigenvalue weighted by Gasteiger charge is 2.70. The SMILES string of the molecule is O=C(O)CC[C@@H]1N[C@]2(C(=O)Nc3ccccc32)[C@@H]2C(=O)N(C[C@@H]3CCCO3)C(=O)[C@@H]12. The molecule has 0 aromatic heterocycles. The summed E-state index contributed by atoms with van der Waals surface area (Å²) in [6, 6.07) is 6.52. The van der Waals surface area contributed by atoms with E-state index in [1.165, 1.54) is 4.90 Å². The van der Waals surface area contributed by atoms with Crippen LogP contribution in [0.4, 0.5) is 5.69 Å². The van der Waals surface area contributed by atoms with Crippen LogP contribution < -0.4 is 10.6 Å². The second-order valence-electron chi connectivity index (χ2n) is 8.42. The molecule has 0 bridgehead atoms. The molecule has 0 aliphatic carbocycles. The Bertz CT molecular complexity index is 942. The van der Waals surface area contributed by atoms with E-state index in [9.17, 15) is 19.2 Å². The minimum Gasteiger partial charge on any atom is -0.481 e. The van der Waals surface area contributed by atoms with E-state index in [1.54, 1.807) is 24.3 Å². The lowest BCUT2D eigenvalue weighted by molar-refractivity contribution is -0.144. The fourth-order valence-corrected chi connectivity index (χ4v) is 5.52. The molecule has 4 aliphatic heterocycles. The zero-order chi connectivity index (χ0) is 21.0. The van der Waals surface area contributed by atoms with Gasteiger partial charge in [0.1, 0.15) is 5.54 Å². The maximum absolute atomic E-state index is 13.5. The van der Waals surface area contributed by atoms with E-state index in [0.717, 1.165) is 12.8 Å². The van der Waals surface area contributed by atoms with Crippen molar-refractivity contribution >= 4 is 29.4 Å². The van der Waals surface area contributed by atoms with Gasteiger partial charge in [-0.05, 0) is 25.3 Å². The third-order valence-electron chi connectivity index (χ3n) is 6.79. The van der Waals surface area contributed by atoms with Crippen molar-refractivity contribution in [3.8, 4) is 0 Å². The van der Waals surface area contributed by atoms with Crippen LogP contribution in [0.25, 0.3) is 0 Å². The Labute approximate surface area is 172 Å². The van der Waals surface area contributed by atoms with Gasteiger partial charge in [0.2, 0.25) is 17.7 Å². The van der Waals surface area contributed by atoms with Crippen LogP contribution in [0.15, 0.2) is 24.3 Å². The highest BCUT2D eigenvalue weighted by Crippen LogP contribution is 2.53. The molecule has 3 N–H and O–H groups in total. The first-order valence-corrected chi connectivity index (χ1v) is 10.3. The van der Waals surface area contributed by atoms with E-state index in [-0.39, 0.29) is 37.3 Å². The number of ether oxygens (including phenoxy) is 1. The molecule has 9 heteroatoms. The number of aliphatic carboxylic acids is 1. The van der Waals surface area contributed by atoms with Crippen LogP contribution in [0.3, 0.4) is 0 Å². The smallest absolute Gasteiger partial charge is 0.303 e. The molecule has 158 valence electrons. The van der Waals surface area contributed by atoms with Gasteiger partial charge in [-0.15, -0.1) is 0 Å². The molecule has 30 heavy (non-hydrogen) atoms. The van der Waals surface area contributed by atoms with E-state index in [4.69, 9.17) is 9.84 Å². The molecule has 1 aromatic carbocycles. The number of rotatable bonds is 5. The van der Waals surface area contributed by atoms with E-state index < -0.39 is 35.3 Å². The molecule has 4 aliphatic rings. The summed E-state index contributed by atoms with van der Waals surface area (Å²) in [6.45, 7) is 0.784. The Hall–Kier alpha value is -2.78. The molecule has 3 amide bonds. The van der Waals surface area contributed by atoms with Gasteiger partial charge in [0.05, 0.1) is 24.5 Å². The number of para-hydroxylation sites is 1. The summed E-state index contributed by atoms with van der Waals surface area (Å²) in [5.41, 5.74) is -0.143. The van der Waals surface area contributed by atoms with Gasteiger partial charge < -0.3 is 15.2 Å². The first-order valence-electron chi connectivity index (χ1n) is 10.3. The molecule has 0 saturated carbocycles. The minimum absolute atomic E-state index is 0.153. The Morgan fingerprint density at radius 2 is 2.03 bits per heavy atom. The van der Waals surface area contributed by atoms with Crippen molar-refractivity contribution in [3.05, 3.63) is 29.8 Å². The second-order valence-corrected chi connectivity index (χ2v) is 8.42. The number of carboxylic acids is 1. The number of anilines is 1. The van der Waals surface area contributed by atoms with Gasteiger partial charge >= 0.3 is 5.97 Å². The van der Waals surface area contributed by atoms with Crippen LogP contribution in [-0.2, 0) is 29.5 Å². The van der Waals surface area contributed by atoms with Crippen molar-refractivity contribution in [3.63, 3.8) is 0 Å². The van der Waals surface area contributed by atoms with Gasteiger partial charge in [0, 0.05) is 30.3 Å². The fraction of sp³-hybridized carbons (Fsp3) is 0.524. The number of imide groups is 1. The van der Waals surface area contributed by atoms with E-state index in [2.05, 4.69) is 10.6 Å². The largest absolute Gasteiger partial charge is 0.481 e. The summed E-state index contributed by atoms with van der Waals surface area (Å²) in [4.78, 5) is 52.4. The first kappa shape index (κ1) is 19.2. The van der Waals surface area contributed by atoms with Crippen molar-refractivity contribution in [1.29, 1.82) is 0 Å². The molecular weight excluding hydrogens is 390 g/mol. The number of benzene rings is 1. The average molecular weight is 413 g/mol. The predicted molar refractivity (Wildman–Crippen MR) is 103 cm³/mol. The predicted octanol–water partition coefficient (Wildman–Crippen LogP) is 0.451. The first-order chi connectivity index (χ1) is 14.4. The molecule has 1 spiro atoms. The summed E-state index contributed by atoms with van der Waals surface area (Å²) in [6.07, 6.45) is 1.47. The molecule has 3 fully saturated rings. The van der Waals surface area contributed by atoms with Crippen LogP contribution in [0.2, 0.25) is 0 Å². The number of hydrogen-bond donors (Lipinski definition) is 3. The third kappa shape index (κ3) is 2.61. The molecule has 4 heterocycles. The van der Waals surface area contributed by atoms with Gasteiger partial charge in [-0.25, -0.2) is 0 Å². The zero-order valence-electron chi connectivity index (χ0n) is 16.3. The summed E-state index contributed by atoms with van der Waals surface area (Å²) in [7, 11) is 0. The summed E-state index contributed by atoms with van der Waals surface area (Å²) in [5.74, 6) is -3.80. The second kappa shape index (κ2) is 6.88. The van der Waals surface area contributed by atoms with E-state index >= 15 is 0 Å². The summed E-state index contributed by atoms with van der Waals surface area (Å²) >= 11 is 0. The van der Waals surface area contributed by atoms with Crippen molar-refractivity contribution < 1.29 is 29.0 Å². The molecule has 5 atom stereocenters. The minimum atomic E-state index is -1.37. The van der Waals surface area contributed by atoms with Crippen molar-refractivity contribution in [2.75, 3.05) is 18.5 Å². The van der Waals surface area contributed by atoms with Crippen LogP contribution in [0, 0.1) is 11.8 Å². The fourth-order valence-electron chi connectivity index (χ4n) is 5.52. The van der Waals surface area contributed by atoms with Crippen LogP contribution in [-0.4, -0.2) is 59.0 Å². The monoisotopic (exact) mass is 413 g/mol. The maximum atomic E-state index is 13.5. The van der Waals surface area contributed by atoms with Crippen LogP contribution in [0.1, 0.15) is 31.2 Å². The van der Waals surface area contributed by atoms with Gasteiger partial charge in [-0.3, -0.25) is 29.4 Å². The molecule has 3 saturated heterocycles. The van der Waals surface area contributed by atoms with Gasteiger partial charge in [0.15, 0.2) is 0 Å². The lowest BCUT2D eigenvalue weighted by Gasteiger charge is -2.30. The number of carbonyl (C=O) groups is 4. The van der Waals surface area contributed by atoms with Crippen molar-refractivity contribution in [2.45, 2.75) is 43.4 Å². The number of nitrogens with one attached hydrogen (secondary N) is 2. The Morgan fingerprint density at radius 1 is 1.23 bits per heavy atom. The van der Waals surface area contributed by atoms with Crippen LogP contribution >= 0.6 is 0 Å². The number of nitrogens with zero attached hydrogens (tertiary/aromatic N) is 1. The Balaban J connectivity index is 1.55. The molecule has 1 aromatic rings. The third-order valence-corrected chi connectivity index (χ3v) is 6.79. The molecule has 0 unspecified atom stereocenters. The van der Waals surface area contributed by atoms with Gasteiger partial charge in [0.25, 0.3) is 0 Å². The topological polar surface area (TPSA) is 125 Å². The number of carboxylic acid groups (broad SMARTS) is 1. The number of likely N-dealkylation sites (tertiary alicyclic amines) is 1. The summed E-state index contributed by atoms with van der Waals surface area (Å²) in [5, 5.41) is 15.2. The zero-order valence-corrected chi connectivity index (χ0v) is 16.3. The molecule has 9 nitrogen and oxygen atoms in total. The number of carbonyl (C=O) groups excluding carboxylic acids is 3. The van der Waals surface area contributed by atoms with E-state index in [0.29, 0.717) is 17.9 Å². The molecular formula is C21H23N3O6. The number of hydrogen-bond acceptors (Lipinski definition) is 6. The van der Waals surface area contributed by atoms with Gasteiger partial charge in [-0.2, -0.15) is 0 Å². The average Bonchev–Trinajstić information content (AvgIpc) is 3.46. The standard InChI is InChI=1S/C21H23N3O6/c25-15(26)8-7-14-16-17(19(28)24(18(16)27)10-11-4-3-9-30-11)21(23-14)12-5-1-2-6-13(12)22-20(21)29/h1-2,5-6,11,14,16-17,23H,3-4,7-10H2,(H,22,29)(H,25,26)/t11-,14-,16-,17-,21-/m0/s1. The highest BCUT2D eigenvalue weighted by molar-refractivity contribution is 6.15. The van der Waals surface area contributed by atoms with Crippen molar-refractivity contribution in [1.82, 2.24) is 10.2 Å². The van der Waals surface area contributed by atoms with Gasteiger partial charge in [-0.1, -0.05) is 18.2 Å². The van der Waals surface area contributed by atoms with Crippen LogP contribution in [0.5, 0.6) is 0 Å². The maximum Gasteiger partial charge on any atom is 0.303 e. The lowest BCUT2D eigenvalue weighted by atomic mass is 9.76. The molecule has 0 radical (unpaired) electrons.